The molecule has 0 saturated heterocycles. The van der Waals surface area contributed by atoms with Crippen LogP contribution in [0.4, 0.5) is 0 Å². The average molecular weight is 215 g/mol. The van der Waals surface area contributed by atoms with E-state index in [4.69, 9.17) is 5.11 Å². The predicted octanol–water partition coefficient (Wildman–Crippen LogP) is 1.95. The van der Waals surface area contributed by atoms with Crippen molar-refractivity contribution in [3.05, 3.63) is 0 Å². The zero-order valence-electron chi connectivity index (χ0n) is 10.4. The highest BCUT2D eigenvalue weighted by atomic mass is 16.3. The average Bonchev–Trinajstić information content (AvgIpc) is 2.13. The normalized spacial score (nSPS) is 13.3. The van der Waals surface area contributed by atoms with E-state index < -0.39 is 0 Å². The van der Waals surface area contributed by atoms with Crippen LogP contribution in [0.5, 0.6) is 0 Å². The zero-order chi connectivity index (χ0) is 11.8. The molecular weight excluding hydrogens is 190 g/mol. The second kappa shape index (κ2) is 7.69. The van der Waals surface area contributed by atoms with Crippen molar-refractivity contribution >= 4 is 5.91 Å². The van der Waals surface area contributed by atoms with Gasteiger partial charge in [-0.25, -0.2) is 0 Å². The van der Waals surface area contributed by atoms with E-state index in [-0.39, 0.29) is 18.6 Å². The maximum atomic E-state index is 11.5. The summed E-state index contributed by atoms with van der Waals surface area (Å²) in [7, 11) is 0. The molecule has 1 atom stereocenters. The van der Waals surface area contributed by atoms with Crippen molar-refractivity contribution in [1.82, 2.24) is 5.32 Å². The van der Waals surface area contributed by atoms with Crippen molar-refractivity contribution in [3.8, 4) is 0 Å². The highest BCUT2D eigenvalue weighted by molar-refractivity contribution is 5.76. The largest absolute Gasteiger partial charge is 0.394 e. The molecule has 0 aromatic carbocycles. The first-order valence-corrected chi connectivity index (χ1v) is 5.85. The molecule has 2 N–H and O–H groups in total. The van der Waals surface area contributed by atoms with E-state index in [9.17, 15) is 4.79 Å². The van der Waals surface area contributed by atoms with Crippen LogP contribution in [0.3, 0.4) is 0 Å². The highest BCUT2D eigenvalue weighted by Gasteiger charge is 2.12. The minimum absolute atomic E-state index is 0.0333. The van der Waals surface area contributed by atoms with Gasteiger partial charge < -0.3 is 10.4 Å². The van der Waals surface area contributed by atoms with E-state index >= 15 is 0 Å². The number of hydrogen-bond acceptors (Lipinski definition) is 2. The monoisotopic (exact) mass is 215 g/mol. The molecule has 0 aliphatic carbocycles. The van der Waals surface area contributed by atoms with Crippen LogP contribution in [-0.2, 0) is 4.79 Å². The number of hydrogen-bond donors (Lipinski definition) is 2. The number of amides is 1. The Morgan fingerprint density at radius 3 is 2.20 bits per heavy atom. The van der Waals surface area contributed by atoms with Crippen molar-refractivity contribution in [3.63, 3.8) is 0 Å². The highest BCUT2D eigenvalue weighted by Crippen LogP contribution is 2.06. The maximum absolute atomic E-state index is 11.5. The number of rotatable bonds is 7. The first-order valence-electron chi connectivity index (χ1n) is 5.85. The zero-order valence-corrected chi connectivity index (χ0v) is 10.4. The number of carbonyl (C=O) groups is 1. The van der Waals surface area contributed by atoms with E-state index in [0.717, 1.165) is 12.8 Å². The Labute approximate surface area is 93.3 Å². The molecule has 0 aliphatic heterocycles. The molecule has 0 spiro atoms. The molecule has 0 bridgehead atoms. The van der Waals surface area contributed by atoms with E-state index in [1.165, 1.54) is 0 Å². The van der Waals surface area contributed by atoms with Gasteiger partial charge in [0, 0.05) is 6.42 Å². The molecule has 1 amide bonds. The Kier molecular flexibility index (Phi) is 7.39. The van der Waals surface area contributed by atoms with Crippen LogP contribution in [0, 0.1) is 11.8 Å². The molecule has 0 aromatic heterocycles. The van der Waals surface area contributed by atoms with Crippen LogP contribution in [0.15, 0.2) is 0 Å². The number of carbonyl (C=O) groups excluding carboxylic acids is 1. The Morgan fingerprint density at radius 1 is 1.20 bits per heavy atom. The van der Waals surface area contributed by atoms with Crippen molar-refractivity contribution in [2.45, 2.75) is 53.0 Å². The van der Waals surface area contributed by atoms with Crippen LogP contribution >= 0.6 is 0 Å². The second-order valence-electron chi connectivity index (χ2n) is 5.01. The molecule has 0 radical (unpaired) electrons. The van der Waals surface area contributed by atoms with E-state index in [2.05, 4.69) is 33.0 Å². The summed E-state index contributed by atoms with van der Waals surface area (Å²) in [6, 6.07) is -0.0790. The number of aliphatic hydroxyl groups is 1. The Balaban J connectivity index is 3.80. The van der Waals surface area contributed by atoms with Gasteiger partial charge in [0.25, 0.3) is 0 Å². The molecule has 0 heterocycles. The van der Waals surface area contributed by atoms with Crippen LogP contribution in [0.2, 0.25) is 0 Å². The lowest BCUT2D eigenvalue weighted by Gasteiger charge is -2.18. The molecule has 0 rings (SSSR count). The van der Waals surface area contributed by atoms with Gasteiger partial charge >= 0.3 is 0 Å². The summed E-state index contributed by atoms with van der Waals surface area (Å²) in [4.78, 5) is 11.5. The lowest BCUT2D eigenvalue weighted by molar-refractivity contribution is -0.122. The Bertz CT molecular complexity index is 178. The van der Waals surface area contributed by atoms with Crippen LogP contribution in [0.25, 0.3) is 0 Å². The quantitative estimate of drug-likeness (QED) is 0.682. The summed E-state index contributed by atoms with van der Waals surface area (Å²) in [5, 5.41) is 12.0. The first kappa shape index (κ1) is 14.4. The topological polar surface area (TPSA) is 49.3 Å². The third kappa shape index (κ3) is 8.43. The van der Waals surface area contributed by atoms with Gasteiger partial charge in [-0.2, -0.15) is 0 Å². The SMILES string of the molecule is CC(C)CCC(=O)NC(CO)CC(C)C. The van der Waals surface area contributed by atoms with Gasteiger partial charge in [-0.05, 0) is 24.7 Å². The summed E-state index contributed by atoms with van der Waals surface area (Å²) >= 11 is 0. The molecule has 0 aliphatic rings. The van der Waals surface area contributed by atoms with Gasteiger partial charge in [-0.15, -0.1) is 0 Å². The second-order valence-corrected chi connectivity index (χ2v) is 5.01. The summed E-state index contributed by atoms with van der Waals surface area (Å²) in [5.74, 6) is 1.10. The lowest BCUT2D eigenvalue weighted by atomic mass is 10.0. The van der Waals surface area contributed by atoms with Crippen molar-refractivity contribution in [1.29, 1.82) is 0 Å². The van der Waals surface area contributed by atoms with Gasteiger partial charge in [-0.1, -0.05) is 27.7 Å². The fourth-order valence-electron chi connectivity index (χ4n) is 1.47. The van der Waals surface area contributed by atoms with Gasteiger partial charge in [0.05, 0.1) is 12.6 Å². The summed E-state index contributed by atoms with van der Waals surface area (Å²) in [6.45, 7) is 8.41. The van der Waals surface area contributed by atoms with E-state index in [1.54, 1.807) is 0 Å². The van der Waals surface area contributed by atoms with Gasteiger partial charge in [-0.3, -0.25) is 4.79 Å². The third-order valence-corrected chi connectivity index (χ3v) is 2.29. The summed E-state index contributed by atoms with van der Waals surface area (Å²) in [5.41, 5.74) is 0. The standard InChI is InChI=1S/C12H25NO2/c1-9(2)5-6-12(15)13-11(8-14)7-10(3)4/h9-11,14H,5-8H2,1-4H3,(H,13,15). The maximum Gasteiger partial charge on any atom is 0.220 e. The third-order valence-electron chi connectivity index (χ3n) is 2.29. The molecular formula is C12H25NO2. The first-order chi connectivity index (χ1) is 6.95. The molecule has 0 fully saturated rings. The van der Waals surface area contributed by atoms with Gasteiger partial charge in [0.15, 0.2) is 0 Å². The molecule has 90 valence electrons. The predicted molar refractivity (Wildman–Crippen MR) is 62.5 cm³/mol. The smallest absolute Gasteiger partial charge is 0.220 e. The minimum atomic E-state index is -0.0790. The van der Waals surface area contributed by atoms with Crippen LogP contribution in [0.1, 0.15) is 47.0 Å². The molecule has 1 unspecified atom stereocenters. The number of aliphatic hydroxyl groups excluding tert-OH is 1. The Hall–Kier alpha value is -0.570. The fourth-order valence-corrected chi connectivity index (χ4v) is 1.47. The van der Waals surface area contributed by atoms with Crippen molar-refractivity contribution < 1.29 is 9.90 Å². The fraction of sp³-hybridized carbons (Fsp3) is 0.917. The van der Waals surface area contributed by atoms with Crippen molar-refractivity contribution in [2.75, 3.05) is 6.61 Å². The minimum Gasteiger partial charge on any atom is -0.394 e. The van der Waals surface area contributed by atoms with Gasteiger partial charge in [0.1, 0.15) is 0 Å². The van der Waals surface area contributed by atoms with E-state index in [0.29, 0.717) is 18.3 Å². The molecule has 15 heavy (non-hydrogen) atoms. The van der Waals surface area contributed by atoms with Gasteiger partial charge in [0.2, 0.25) is 5.91 Å². The Morgan fingerprint density at radius 2 is 1.80 bits per heavy atom. The summed E-state index contributed by atoms with van der Waals surface area (Å²) < 4.78 is 0. The molecule has 3 heteroatoms. The van der Waals surface area contributed by atoms with Crippen LogP contribution < -0.4 is 5.32 Å². The van der Waals surface area contributed by atoms with E-state index in [1.807, 2.05) is 0 Å². The van der Waals surface area contributed by atoms with Crippen LogP contribution in [-0.4, -0.2) is 23.7 Å². The molecule has 0 saturated carbocycles. The lowest BCUT2D eigenvalue weighted by Crippen LogP contribution is -2.38. The summed E-state index contributed by atoms with van der Waals surface area (Å²) in [6.07, 6.45) is 2.31. The number of nitrogens with one attached hydrogen (secondary N) is 1. The molecule has 3 nitrogen and oxygen atoms in total. The van der Waals surface area contributed by atoms with Crippen molar-refractivity contribution in [2.24, 2.45) is 11.8 Å². The molecule has 0 aromatic rings.